The first-order valence-corrected chi connectivity index (χ1v) is 11.7. The zero-order valence-corrected chi connectivity index (χ0v) is 17.7. The number of hydrogen-bond acceptors (Lipinski definition) is 4. The molecule has 2 fully saturated rings. The second-order valence-corrected chi connectivity index (χ2v) is 9.74. The van der Waals surface area contributed by atoms with Crippen LogP contribution < -0.4 is 9.64 Å². The normalized spacial score (nSPS) is 24.1. The fourth-order valence-electron chi connectivity index (χ4n) is 3.87. The molecular weight excluding hydrogens is 378 g/mol. The minimum Gasteiger partial charge on any atom is -0.494 e. The number of nitrogens with zero attached hydrogens (tertiary/aromatic N) is 2. The zero-order valence-electron chi connectivity index (χ0n) is 16.9. The van der Waals surface area contributed by atoms with Crippen molar-refractivity contribution in [2.45, 2.75) is 31.6 Å². The van der Waals surface area contributed by atoms with Crippen molar-refractivity contribution in [1.29, 1.82) is 0 Å². The van der Waals surface area contributed by atoms with Crippen molar-refractivity contribution in [1.82, 2.24) is 9.21 Å². The third-order valence-corrected chi connectivity index (χ3v) is 7.66. The number of carbonyl (C=O) groups excluding carboxylic acids is 1. The molecule has 0 saturated carbocycles. The number of likely N-dealkylation sites (tertiary alicyclic amines) is 1. The molecule has 1 amide bonds. The molecule has 3 rings (SSSR count). The number of amides is 1. The predicted octanol–water partition coefficient (Wildman–Crippen LogP) is 0.233. The molecule has 1 aromatic carbocycles. The van der Waals surface area contributed by atoms with Gasteiger partial charge in [-0.2, -0.15) is 4.31 Å². The van der Waals surface area contributed by atoms with Gasteiger partial charge in [0.2, 0.25) is 10.0 Å². The van der Waals surface area contributed by atoms with E-state index in [0.29, 0.717) is 45.1 Å². The van der Waals surface area contributed by atoms with Crippen LogP contribution in [0.1, 0.15) is 26.7 Å². The lowest BCUT2D eigenvalue weighted by Crippen LogP contribution is -3.14. The molecule has 0 aromatic heterocycles. The summed E-state index contributed by atoms with van der Waals surface area (Å²) in [5.74, 6) is 1.56. The monoisotopic (exact) mass is 410 g/mol. The Labute approximate surface area is 168 Å². The van der Waals surface area contributed by atoms with Crippen molar-refractivity contribution >= 4 is 15.9 Å². The first kappa shape index (κ1) is 21.1. The van der Waals surface area contributed by atoms with Crippen molar-refractivity contribution < 1.29 is 22.8 Å². The van der Waals surface area contributed by atoms with Crippen LogP contribution in [-0.4, -0.2) is 76.0 Å². The van der Waals surface area contributed by atoms with Gasteiger partial charge in [-0.3, -0.25) is 4.79 Å². The highest BCUT2D eigenvalue weighted by atomic mass is 32.2. The third kappa shape index (κ3) is 5.04. The van der Waals surface area contributed by atoms with Gasteiger partial charge in [-0.15, -0.1) is 0 Å². The lowest BCUT2D eigenvalue weighted by Gasteiger charge is -2.35. The van der Waals surface area contributed by atoms with Gasteiger partial charge in [-0.25, -0.2) is 8.42 Å². The number of sulfonamides is 1. The standard InChI is InChI=1S/C20H31N3O4S/c1-3-27-18-4-6-19(7-5-18)28(25,26)23-14-12-22(13-15-23)20(24)16-21-10-8-17(2)9-11-21/h4-7,17H,3,8-16H2,1-2H3/p+1. The van der Waals surface area contributed by atoms with Crippen LogP contribution in [0.3, 0.4) is 0 Å². The Balaban J connectivity index is 1.53. The average Bonchev–Trinajstić information content (AvgIpc) is 2.70. The Morgan fingerprint density at radius 2 is 1.71 bits per heavy atom. The van der Waals surface area contributed by atoms with Crippen LogP contribution in [0.15, 0.2) is 29.2 Å². The summed E-state index contributed by atoms with van der Waals surface area (Å²) >= 11 is 0. The molecule has 0 radical (unpaired) electrons. The second kappa shape index (κ2) is 9.24. The highest BCUT2D eigenvalue weighted by Gasteiger charge is 2.31. The van der Waals surface area contributed by atoms with Gasteiger partial charge >= 0.3 is 0 Å². The van der Waals surface area contributed by atoms with E-state index in [1.165, 1.54) is 22.0 Å². The number of piperazine rings is 1. The van der Waals surface area contributed by atoms with E-state index in [2.05, 4.69) is 6.92 Å². The van der Waals surface area contributed by atoms with Crippen molar-refractivity contribution in [3.8, 4) is 5.75 Å². The van der Waals surface area contributed by atoms with Crippen molar-refractivity contribution in [2.24, 2.45) is 5.92 Å². The molecule has 8 heteroatoms. The molecule has 0 aliphatic carbocycles. The Morgan fingerprint density at radius 1 is 1.11 bits per heavy atom. The van der Waals surface area contributed by atoms with Crippen LogP contribution >= 0.6 is 0 Å². The molecule has 1 N–H and O–H groups in total. The molecule has 2 heterocycles. The molecule has 0 bridgehead atoms. The number of rotatable bonds is 6. The number of quaternary nitrogens is 1. The molecule has 7 nitrogen and oxygen atoms in total. The summed E-state index contributed by atoms with van der Waals surface area (Å²) in [5.41, 5.74) is 0. The molecule has 28 heavy (non-hydrogen) atoms. The summed E-state index contributed by atoms with van der Waals surface area (Å²) in [6.45, 7) is 8.93. The lowest BCUT2D eigenvalue weighted by atomic mass is 9.99. The first-order chi connectivity index (χ1) is 13.4. The summed E-state index contributed by atoms with van der Waals surface area (Å²) in [6.07, 6.45) is 2.35. The number of carbonyl (C=O) groups is 1. The molecule has 2 saturated heterocycles. The maximum atomic E-state index is 12.9. The second-order valence-electron chi connectivity index (χ2n) is 7.80. The molecular formula is C20H32N3O4S+. The quantitative estimate of drug-likeness (QED) is 0.729. The van der Waals surface area contributed by atoms with E-state index in [4.69, 9.17) is 4.74 Å². The highest BCUT2D eigenvalue weighted by molar-refractivity contribution is 7.89. The van der Waals surface area contributed by atoms with Gasteiger partial charge < -0.3 is 14.5 Å². The van der Waals surface area contributed by atoms with Gasteiger partial charge in [0.15, 0.2) is 6.54 Å². The fraction of sp³-hybridized carbons (Fsp3) is 0.650. The third-order valence-electron chi connectivity index (χ3n) is 5.75. The van der Waals surface area contributed by atoms with Crippen molar-refractivity contribution in [3.63, 3.8) is 0 Å². The molecule has 2 aliphatic heterocycles. The summed E-state index contributed by atoms with van der Waals surface area (Å²) < 4.78 is 32.6. The Hall–Kier alpha value is -1.64. The first-order valence-electron chi connectivity index (χ1n) is 10.2. The van der Waals surface area contributed by atoms with Gasteiger partial charge in [-0.05, 0) is 49.9 Å². The zero-order chi connectivity index (χ0) is 20.1. The summed E-state index contributed by atoms with van der Waals surface area (Å²) in [6, 6.07) is 6.52. The van der Waals surface area contributed by atoms with E-state index in [1.54, 1.807) is 24.3 Å². The number of hydrogen-bond donors (Lipinski definition) is 1. The van der Waals surface area contributed by atoms with Gasteiger partial charge in [0.05, 0.1) is 24.6 Å². The minimum atomic E-state index is -3.54. The van der Waals surface area contributed by atoms with Gasteiger partial charge in [0.1, 0.15) is 5.75 Å². The van der Waals surface area contributed by atoms with E-state index in [9.17, 15) is 13.2 Å². The van der Waals surface area contributed by atoms with E-state index in [0.717, 1.165) is 19.0 Å². The maximum Gasteiger partial charge on any atom is 0.277 e. The SMILES string of the molecule is CCOc1ccc(S(=O)(=O)N2CCN(C(=O)C[NH+]3CCC(C)CC3)CC2)cc1. The largest absolute Gasteiger partial charge is 0.494 e. The van der Waals surface area contributed by atoms with Gasteiger partial charge in [-0.1, -0.05) is 6.92 Å². The van der Waals surface area contributed by atoms with Crippen LogP contribution in [0.4, 0.5) is 0 Å². The fourth-order valence-corrected chi connectivity index (χ4v) is 5.30. The Kier molecular flexibility index (Phi) is 6.95. The summed E-state index contributed by atoms with van der Waals surface area (Å²) in [7, 11) is -3.54. The van der Waals surface area contributed by atoms with E-state index >= 15 is 0 Å². The molecule has 0 atom stereocenters. The Bertz CT molecular complexity index is 750. The van der Waals surface area contributed by atoms with E-state index < -0.39 is 10.0 Å². The smallest absolute Gasteiger partial charge is 0.277 e. The van der Waals surface area contributed by atoms with Crippen molar-refractivity contribution in [3.05, 3.63) is 24.3 Å². The number of benzene rings is 1. The van der Waals surface area contributed by atoms with Gasteiger partial charge in [0, 0.05) is 26.2 Å². The predicted molar refractivity (Wildman–Crippen MR) is 107 cm³/mol. The molecule has 1 aromatic rings. The van der Waals surface area contributed by atoms with Crippen LogP contribution in [0.2, 0.25) is 0 Å². The summed E-state index contributed by atoms with van der Waals surface area (Å²) in [5, 5.41) is 0. The van der Waals surface area contributed by atoms with Crippen LogP contribution in [0.5, 0.6) is 5.75 Å². The maximum absolute atomic E-state index is 12.9. The highest BCUT2D eigenvalue weighted by Crippen LogP contribution is 2.21. The summed E-state index contributed by atoms with van der Waals surface area (Å²) in [4.78, 5) is 16.0. The van der Waals surface area contributed by atoms with Crippen LogP contribution in [-0.2, 0) is 14.8 Å². The average molecular weight is 411 g/mol. The number of ether oxygens (including phenoxy) is 1. The number of piperidine rings is 1. The minimum absolute atomic E-state index is 0.141. The molecule has 2 aliphatic rings. The van der Waals surface area contributed by atoms with E-state index in [-0.39, 0.29) is 10.8 Å². The van der Waals surface area contributed by atoms with E-state index in [1.807, 2.05) is 11.8 Å². The molecule has 0 unspecified atom stereocenters. The Morgan fingerprint density at radius 3 is 2.29 bits per heavy atom. The number of nitrogens with one attached hydrogen (secondary N) is 1. The molecule has 0 spiro atoms. The topological polar surface area (TPSA) is 71.4 Å². The molecule has 156 valence electrons. The lowest BCUT2D eigenvalue weighted by molar-refractivity contribution is -0.898. The van der Waals surface area contributed by atoms with Crippen LogP contribution in [0, 0.1) is 5.92 Å². The van der Waals surface area contributed by atoms with Gasteiger partial charge in [0.25, 0.3) is 5.91 Å². The van der Waals surface area contributed by atoms with Crippen LogP contribution in [0.25, 0.3) is 0 Å². The van der Waals surface area contributed by atoms with Crippen molar-refractivity contribution in [2.75, 3.05) is 52.4 Å².